The fourth-order valence-corrected chi connectivity index (χ4v) is 2.65. The maximum Gasteiger partial charge on any atom is 0.251 e. The quantitative estimate of drug-likeness (QED) is 0.780. The Morgan fingerprint density at radius 2 is 1.83 bits per heavy atom. The van der Waals surface area contributed by atoms with Crippen molar-refractivity contribution in [2.45, 2.75) is 19.3 Å². The number of nitrogens with zero attached hydrogens (tertiary/aromatic N) is 2. The zero-order valence-corrected chi connectivity index (χ0v) is 13.7. The predicted octanol–water partition coefficient (Wildman–Crippen LogP) is 2.11. The number of rotatable bonds is 7. The van der Waals surface area contributed by atoms with Gasteiger partial charge in [0.25, 0.3) is 5.91 Å². The minimum absolute atomic E-state index is 0.154. The summed E-state index contributed by atoms with van der Waals surface area (Å²) in [5.74, 6) is -2.29. The van der Waals surface area contributed by atoms with E-state index in [0.29, 0.717) is 6.54 Å². The van der Waals surface area contributed by atoms with Crippen molar-refractivity contribution in [3.05, 3.63) is 35.4 Å². The first-order chi connectivity index (χ1) is 11.1. The summed E-state index contributed by atoms with van der Waals surface area (Å²) >= 11 is 0. The highest BCUT2D eigenvalue weighted by atomic mass is 19.2. The van der Waals surface area contributed by atoms with E-state index in [-0.39, 0.29) is 11.5 Å². The smallest absolute Gasteiger partial charge is 0.251 e. The van der Waals surface area contributed by atoms with Gasteiger partial charge in [0.1, 0.15) is 0 Å². The van der Waals surface area contributed by atoms with E-state index < -0.39 is 11.6 Å². The molecule has 0 unspecified atom stereocenters. The van der Waals surface area contributed by atoms with Crippen molar-refractivity contribution in [1.29, 1.82) is 0 Å². The summed E-state index contributed by atoms with van der Waals surface area (Å²) < 4.78 is 25.9. The molecule has 1 N–H and O–H groups in total. The molecular formula is C17H25F2N3O. The summed E-state index contributed by atoms with van der Waals surface area (Å²) in [6.45, 7) is 6.17. The fraction of sp³-hybridized carbons (Fsp3) is 0.588. The van der Waals surface area contributed by atoms with Crippen LogP contribution in [0.5, 0.6) is 0 Å². The van der Waals surface area contributed by atoms with Gasteiger partial charge in [-0.2, -0.15) is 0 Å². The number of likely N-dealkylation sites (N-methyl/N-ethyl adjacent to an activating group) is 1. The Balaban J connectivity index is 1.56. The molecule has 1 saturated heterocycles. The van der Waals surface area contributed by atoms with Crippen molar-refractivity contribution in [3.63, 3.8) is 0 Å². The van der Waals surface area contributed by atoms with Crippen molar-refractivity contribution in [3.8, 4) is 0 Å². The Morgan fingerprint density at radius 3 is 2.52 bits per heavy atom. The molecule has 0 saturated carbocycles. The minimum atomic E-state index is -0.996. The number of nitrogens with one attached hydrogen (secondary N) is 1. The van der Waals surface area contributed by atoms with Crippen molar-refractivity contribution in [2.75, 3.05) is 46.3 Å². The largest absolute Gasteiger partial charge is 0.352 e. The Bertz CT molecular complexity index is 517. The first kappa shape index (κ1) is 17.8. The molecule has 1 aromatic rings. The van der Waals surface area contributed by atoms with Crippen molar-refractivity contribution < 1.29 is 13.6 Å². The summed E-state index contributed by atoms with van der Waals surface area (Å²) in [6, 6.07) is 3.19. The average Bonchev–Trinajstić information content (AvgIpc) is 2.54. The molecule has 1 amide bonds. The second-order valence-corrected chi connectivity index (χ2v) is 6.09. The molecule has 0 radical (unpaired) electrons. The van der Waals surface area contributed by atoms with Crippen LogP contribution in [0.2, 0.25) is 0 Å². The number of piperazine rings is 1. The van der Waals surface area contributed by atoms with Gasteiger partial charge in [0, 0.05) is 38.3 Å². The molecule has 0 atom stereocenters. The number of carbonyl (C=O) groups excluding carboxylic acids is 1. The van der Waals surface area contributed by atoms with Crippen molar-refractivity contribution >= 4 is 5.91 Å². The van der Waals surface area contributed by atoms with E-state index in [1.165, 1.54) is 6.07 Å². The summed E-state index contributed by atoms with van der Waals surface area (Å²) in [5.41, 5.74) is 0.154. The summed E-state index contributed by atoms with van der Waals surface area (Å²) in [6.07, 6.45) is 3.05. The fourth-order valence-electron chi connectivity index (χ4n) is 2.65. The lowest BCUT2D eigenvalue weighted by Crippen LogP contribution is -2.44. The maximum atomic E-state index is 13.1. The molecule has 1 aliphatic heterocycles. The average molecular weight is 325 g/mol. The minimum Gasteiger partial charge on any atom is -0.352 e. The Labute approximate surface area is 136 Å². The Hall–Kier alpha value is -1.53. The molecule has 0 bridgehead atoms. The van der Waals surface area contributed by atoms with E-state index in [9.17, 15) is 13.6 Å². The summed E-state index contributed by atoms with van der Waals surface area (Å²) in [4.78, 5) is 16.6. The second kappa shape index (κ2) is 8.93. The highest BCUT2D eigenvalue weighted by Gasteiger charge is 2.13. The number of halogens is 2. The molecule has 128 valence electrons. The van der Waals surface area contributed by atoms with Crippen LogP contribution in [0.4, 0.5) is 8.78 Å². The molecular weight excluding hydrogens is 300 g/mol. The van der Waals surface area contributed by atoms with Crippen LogP contribution >= 0.6 is 0 Å². The first-order valence-electron chi connectivity index (χ1n) is 8.20. The number of amides is 1. The Kier molecular flexibility index (Phi) is 6.92. The van der Waals surface area contributed by atoms with Gasteiger partial charge in [0.2, 0.25) is 0 Å². The van der Waals surface area contributed by atoms with Crippen LogP contribution in [-0.2, 0) is 0 Å². The highest BCUT2D eigenvalue weighted by molar-refractivity contribution is 5.94. The summed E-state index contributed by atoms with van der Waals surface area (Å²) in [5, 5.41) is 2.74. The molecule has 6 heteroatoms. The van der Waals surface area contributed by atoms with Gasteiger partial charge in [0.15, 0.2) is 11.6 Å². The predicted molar refractivity (Wildman–Crippen MR) is 86.5 cm³/mol. The molecule has 1 aromatic carbocycles. The molecule has 2 rings (SSSR count). The zero-order chi connectivity index (χ0) is 16.7. The van der Waals surface area contributed by atoms with E-state index >= 15 is 0 Å². The van der Waals surface area contributed by atoms with Gasteiger partial charge in [-0.25, -0.2) is 8.78 Å². The van der Waals surface area contributed by atoms with Crippen LogP contribution in [0.1, 0.15) is 29.6 Å². The zero-order valence-electron chi connectivity index (χ0n) is 13.7. The van der Waals surface area contributed by atoms with Crippen molar-refractivity contribution in [2.24, 2.45) is 0 Å². The molecule has 0 aromatic heterocycles. The van der Waals surface area contributed by atoms with Crippen LogP contribution in [0.15, 0.2) is 18.2 Å². The normalized spacial score (nSPS) is 16.5. The van der Waals surface area contributed by atoms with E-state index in [0.717, 1.165) is 64.1 Å². The van der Waals surface area contributed by atoms with E-state index in [1.807, 2.05) is 0 Å². The number of benzene rings is 1. The first-order valence-corrected chi connectivity index (χ1v) is 8.20. The number of unbranched alkanes of at least 4 members (excludes halogenated alkanes) is 2. The molecule has 1 aliphatic rings. The van der Waals surface area contributed by atoms with Gasteiger partial charge in [-0.15, -0.1) is 0 Å². The molecule has 23 heavy (non-hydrogen) atoms. The van der Waals surface area contributed by atoms with E-state index in [2.05, 4.69) is 22.2 Å². The van der Waals surface area contributed by atoms with Gasteiger partial charge in [0.05, 0.1) is 0 Å². The van der Waals surface area contributed by atoms with Gasteiger partial charge in [-0.1, -0.05) is 6.42 Å². The molecule has 0 spiro atoms. The third kappa shape index (κ3) is 5.88. The maximum absolute atomic E-state index is 13.1. The lowest BCUT2D eigenvalue weighted by molar-refractivity contribution is 0.0952. The summed E-state index contributed by atoms with van der Waals surface area (Å²) in [7, 11) is 2.15. The van der Waals surface area contributed by atoms with Gasteiger partial charge in [-0.05, 0) is 44.6 Å². The van der Waals surface area contributed by atoms with Gasteiger partial charge >= 0.3 is 0 Å². The number of carbonyl (C=O) groups is 1. The molecule has 0 aliphatic carbocycles. The third-order valence-corrected chi connectivity index (χ3v) is 4.21. The SMILES string of the molecule is CN1CCN(CCCCCNC(=O)c2ccc(F)c(F)c2)CC1. The van der Waals surface area contributed by atoms with Crippen LogP contribution in [0.25, 0.3) is 0 Å². The molecule has 4 nitrogen and oxygen atoms in total. The van der Waals surface area contributed by atoms with Crippen LogP contribution in [0.3, 0.4) is 0 Å². The lowest BCUT2D eigenvalue weighted by Gasteiger charge is -2.32. The van der Waals surface area contributed by atoms with Crippen LogP contribution in [-0.4, -0.2) is 62.0 Å². The monoisotopic (exact) mass is 325 g/mol. The topological polar surface area (TPSA) is 35.6 Å². The third-order valence-electron chi connectivity index (χ3n) is 4.21. The van der Waals surface area contributed by atoms with Gasteiger partial charge in [-0.3, -0.25) is 4.79 Å². The lowest BCUT2D eigenvalue weighted by atomic mass is 10.2. The van der Waals surface area contributed by atoms with Crippen molar-refractivity contribution in [1.82, 2.24) is 15.1 Å². The second-order valence-electron chi connectivity index (χ2n) is 6.09. The Morgan fingerprint density at radius 1 is 1.09 bits per heavy atom. The van der Waals surface area contributed by atoms with Gasteiger partial charge < -0.3 is 15.1 Å². The number of hydrogen-bond donors (Lipinski definition) is 1. The molecule has 1 heterocycles. The van der Waals surface area contributed by atoms with Crippen LogP contribution < -0.4 is 5.32 Å². The standard InChI is InChI=1S/C17H25F2N3O/c1-21-9-11-22(12-10-21)8-4-2-3-7-20-17(23)14-5-6-15(18)16(19)13-14/h5-6,13H,2-4,7-12H2,1H3,(H,20,23). The van der Waals surface area contributed by atoms with E-state index in [1.54, 1.807) is 0 Å². The van der Waals surface area contributed by atoms with E-state index in [4.69, 9.17) is 0 Å². The molecule has 1 fully saturated rings. The van der Waals surface area contributed by atoms with Crippen LogP contribution in [0, 0.1) is 11.6 Å². The highest BCUT2D eigenvalue weighted by Crippen LogP contribution is 2.08. The number of hydrogen-bond acceptors (Lipinski definition) is 3.